The molecule has 0 unspecified atom stereocenters. The van der Waals surface area contributed by atoms with Crippen molar-refractivity contribution < 1.29 is 17.0 Å². The van der Waals surface area contributed by atoms with E-state index in [1.165, 1.54) is 5.56 Å². The van der Waals surface area contributed by atoms with Crippen molar-refractivity contribution in [2.45, 2.75) is 13.3 Å². The van der Waals surface area contributed by atoms with Crippen molar-refractivity contribution in [1.29, 1.82) is 0 Å². The van der Waals surface area contributed by atoms with Gasteiger partial charge >= 0.3 is 0 Å². The Morgan fingerprint density at radius 2 is 1.80 bits per heavy atom. The maximum Gasteiger partial charge on any atom is 0.168 e. The Morgan fingerprint density at radius 3 is 2.20 bits per heavy atom. The third-order valence-electron chi connectivity index (χ3n) is 1.46. The third-order valence-corrected chi connectivity index (χ3v) is 1.46. The molecule has 0 radical (unpaired) electrons. The van der Waals surface area contributed by atoms with Crippen LogP contribution >= 0.6 is 0 Å². The summed E-state index contributed by atoms with van der Waals surface area (Å²) < 4.78 is 2.04. The van der Waals surface area contributed by atoms with Gasteiger partial charge in [-0.05, 0) is 12.0 Å². The maximum atomic E-state index is 2.16. The molecule has 10 heavy (non-hydrogen) atoms. The number of hydrogen-bond acceptors (Lipinski definition) is 0. The summed E-state index contributed by atoms with van der Waals surface area (Å²) in [5.41, 5.74) is 1.40. The zero-order valence-corrected chi connectivity index (χ0v) is 7.10. The molecule has 0 aliphatic heterocycles. The van der Waals surface area contributed by atoms with Gasteiger partial charge in [0.15, 0.2) is 12.4 Å². The summed E-state index contributed by atoms with van der Waals surface area (Å²) in [6.07, 6.45) is 5.26. The summed E-state index contributed by atoms with van der Waals surface area (Å²) in [4.78, 5) is 0. The Labute approximate surface area is 68.1 Å². The fourth-order valence-corrected chi connectivity index (χ4v) is 0.768. The van der Waals surface area contributed by atoms with Gasteiger partial charge in [-0.25, -0.2) is 4.57 Å². The van der Waals surface area contributed by atoms with Crippen LogP contribution in [-0.4, -0.2) is 0 Å². The lowest BCUT2D eigenvalue weighted by Crippen LogP contribution is -3.00. The lowest BCUT2D eigenvalue weighted by molar-refractivity contribution is -0.671. The van der Waals surface area contributed by atoms with Gasteiger partial charge in [-0.1, -0.05) is 6.92 Å². The highest BCUT2D eigenvalue weighted by atomic mass is 35.5. The number of aromatic nitrogens is 1. The van der Waals surface area contributed by atoms with E-state index in [0.717, 1.165) is 6.42 Å². The van der Waals surface area contributed by atoms with Crippen molar-refractivity contribution in [3.05, 3.63) is 30.1 Å². The molecule has 1 heterocycles. The van der Waals surface area contributed by atoms with Crippen molar-refractivity contribution in [2.75, 3.05) is 0 Å². The van der Waals surface area contributed by atoms with Gasteiger partial charge in [0, 0.05) is 12.1 Å². The molecular formula is C8H12ClN. The summed E-state index contributed by atoms with van der Waals surface area (Å²) in [7, 11) is 2.03. The van der Waals surface area contributed by atoms with E-state index in [-0.39, 0.29) is 12.4 Å². The second-order valence-corrected chi connectivity index (χ2v) is 2.23. The predicted octanol–water partition coefficient (Wildman–Crippen LogP) is -1.92. The highest BCUT2D eigenvalue weighted by molar-refractivity contribution is 5.06. The fraction of sp³-hybridized carbons (Fsp3) is 0.375. The highest BCUT2D eigenvalue weighted by Crippen LogP contribution is 1.93. The van der Waals surface area contributed by atoms with Gasteiger partial charge in [0.05, 0.1) is 0 Å². The number of rotatable bonds is 1. The molecule has 0 fully saturated rings. The molecule has 0 saturated carbocycles. The summed E-state index contributed by atoms with van der Waals surface area (Å²) in [6.45, 7) is 2.16. The average Bonchev–Trinajstić information content (AvgIpc) is 1.90. The molecule has 0 amide bonds. The van der Waals surface area contributed by atoms with Gasteiger partial charge in [0.2, 0.25) is 0 Å². The Morgan fingerprint density at radius 1 is 1.30 bits per heavy atom. The van der Waals surface area contributed by atoms with Gasteiger partial charge in [-0.3, -0.25) is 0 Å². The molecular weight excluding hydrogens is 146 g/mol. The third kappa shape index (κ3) is 2.36. The normalized spacial score (nSPS) is 8.60. The molecule has 1 aromatic rings. The van der Waals surface area contributed by atoms with Crippen LogP contribution in [0.25, 0.3) is 0 Å². The fourth-order valence-electron chi connectivity index (χ4n) is 0.768. The van der Waals surface area contributed by atoms with Crippen LogP contribution in [0, 0.1) is 0 Å². The molecule has 1 nitrogen and oxygen atoms in total. The highest BCUT2D eigenvalue weighted by Gasteiger charge is 1.89. The molecule has 0 spiro atoms. The Hall–Kier alpha value is -0.560. The van der Waals surface area contributed by atoms with Crippen LogP contribution in [0.4, 0.5) is 0 Å². The molecule has 1 aromatic heterocycles. The van der Waals surface area contributed by atoms with E-state index in [1.807, 2.05) is 11.6 Å². The average molecular weight is 158 g/mol. The number of aryl methyl sites for hydroxylation is 2. The lowest BCUT2D eigenvalue weighted by atomic mass is 10.2. The molecule has 0 N–H and O–H groups in total. The van der Waals surface area contributed by atoms with E-state index < -0.39 is 0 Å². The monoisotopic (exact) mass is 157 g/mol. The van der Waals surface area contributed by atoms with E-state index in [1.54, 1.807) is 0 Å². The number of halogens is 1. The number of pyridine rings is 1. The largest absolute Gasteiger partial charge is 1.00 e. The first-order valence-electron chi connectivity index (χ1n) is 3.27. The second-order valence-electron chi connectivity index (χ2n) is 2.23. The van der Waals surface area contributed by atoms with Crippen LogP contribution in [-0.2, 0) is 13.5 Å². The van der Waals surface area contributed by atoms with Crippen LogP contribution < -0.4 is 17.0 Å². The summed E-state index contributed by atoms with van der Waals surface area (Å²) in [5, 5.41) is 0. The van der Waals surface area contributed by atoms with Crippen molar-refractivity contribution in [3.63, 3.8) is 0 Å². The first-order valence-corrected chi connectivity index (χ1v) is 3.27. The van der Waals surface area contributed by atoms with Crippen molar-refractivity contribution in [1.82, 2.24) is 0 Å². The molecule has 0 aliphatic carbocycles. The van der Waals surface area contributed by atoms with E-state index >= 15 is 0 Å². The van der Waals surface area contributed by atoms with Crippen LogP contribution in [0.3, 0.4) is 0 Å². The first kappa shape index (κ1) is 9.44. The maximum absolute atomic E-state index is 2.16. The molecule has 56 valence electrons. The molecule has 1 rings (SSSR count). The van der Waals surface area contributed by atoms with Crippen LogP contribution in [0.1, 0.15) is 12.5 Å². The van der Waals surface area contributed by atoms with E-state index in [2.05, 4.69) is 31.5 Å². The molecule has 0 aliphatic rings. The predicted molar refractivity (Wildman–Crippen MR) is 37.0 cm³/mol. The quantitative estimate of drug-likeness (QED) is 0.419. The second kappa shape index (κ2) is 4.29. The smallest absolute Gasteiger partial charge is 0.168 e. The van der Waals surface area contributed by atoms with E-state index in [0.29, 0.717) is 0 Å². The minimum absolute atomic E-state index is 0. The Balaban J connectivity index is 0.000000810. The minimum atomic E-state index is 0. The van der Waals surface area contributed by atoms with Gasteiger partial charge in [-0.15, -0.1) is 0 Å². The molecule has 0 saturated heterocycles. The summed E-state index contributed by atoms with van der Waals surface area (Å²) >= 11 is 0. The minimum Gasteiger partial charge on any atom is -1.00 e. The molecule has 0 aromatic carbocycles. The Bertz CT molecular complexity index is 181. The topological polar surface area (TPSA) is 3.88 Å². The molecule has 2 heteroatoms. The first-order chi connectivity index (χ1) is 4.33. The van der Waals surface area contributed by atoms with Crippen molar-refractivity contribution in [3.8, 4) is 0 Å². The number of hydrogen-bond donors (Lipinski definition) is 0. The zero-order chi connectivity index (χ0) is 6.69. The van der Waals surface area contributed by atoms with Gasteiger partial charge in [0.25, 0.3) is 0 Å². The summed E-state index contributed by atoms with van der Waals surface area (Å²) in [6, 6.07) is 4.28. The van der Waals surface area contributed by atoms with Gasteiger partial charge in [-0.2, -0.15) is 0 Å². The van der Waals surface area contributed by atoms with E-state index in [4.69, 9.17) is 0 Å². The van der Waals surface area contributed by atoms with Gasteiger partial charge < -0.3 is 12.4 Å². The SMILES string of the molecule is CCc1cc[n+](C)cc1.[Cl-]. The van der Waals surface area contributed by atoms with Crippen LogP contribution in [0.5, 0.6) is 0 Å². The van der Waals surface area contributed by atoms with Gasteiger partial charge in [0.1, 0.15) is 7.05 Å². The lowest BCUT2D eigenvalue weighted by Gasteiger charge is -1.90. The molecule has 0 bridgehead atoms. The van der Waals surface area contributed by atoms with Crippen molar-refractivity contribution in [2.24, 2.45) is 7.05 Å². The standard InChI is InChI=1S/C8H12N.ClH/c1-3-8-4-6-9(2)7-5-8;/h4-7H,3H2,1-2H3;1H/q+1;/p-1. The van der Waals surface area contributed by atoms with Crippen molar-refractivity contribution >= 4 is 0 Å². The van der Waals surface area contributed by atoms with E-state index in [9.17, 15) is 0 Å². The Kier molecular flexibility index (Phi) is 4.05. The van der Waals surface area contributed by atoms with Crippen LogP contribution in [0.2, 0.25) is 0 Å². The number of nitrogens with zero attached hydrogens (tertiary/aromatic N) is 1. The summed E-state index contributed by atoms with van der Waals surface area (Å²) in [5.74, 6) is 0. The van der Waals surface area contributed by atoms with Crippen LogP contribution in [0.15, 0.2) is 24.5 Å². The molecule has 0 atom stereocenters. The zero-order valence-electron chi connectivity index (χ0n) is 6.34.